The second-order valence-electron chi connectivity index (χ2n) is 8.51. The number of nitrogens with one attached hydrogen (secondary N) is 3. The number of Topliss-reactive ketones (excluding diaryl/α,β-unsaturated/α-hetero) is 1. The van der Waals surface area contributed by atoms with Crippen molar-refractivity contribution in [3.8, 4) is 5.75 Å². The first-order chi connectivity index (χ1) is 20.0. The molecule has 12 heteroatoms. The Morgan fingerprint density at radius 3 is 2.12 bits per heavy atom. The van der Waals surface area contributed by atoms with E-state index in [1.165, 1.54) is 18.4 Å². The van der Waals surface area contributed by atoms with E-state index in [4.69, 9.17) is 9.72 Å². The van der Waals surface area contributed by atoms with Crippen LogP contribution in [0.25, 0.3) is 0 Å². The van der Waals surface area contributed by atoms with Crippen LogP contribution in [0.3, 0.4) is 0 Å². The monoisotopic (exact) mass is 548 g/mol. The first-order valence-corrected chi connectivity index (χ1v) is 12.4. The molecule has 0 radical (unpaired) electrons. The number of rotatable bonds is 10. The van der Waals surface area contributed by atoms with Crippen LogP contribution in [-0.4, -0.2) is 32.8 Å². The van der Waals surface area contributed by atoms with E-state index >= 15 is 0 Å². The number of methoxy groups -OCH3 is 1. The van der Waals surface area contributed by atoms with Crippen LogP contribution < -0.4 is 25.8 Å². The summed E-state index contributed by atoms with van der Waals surface area (Å²) >= 11 is 0. The Bertz CT molecular complexity index is 1600. The summed E-state index contributed by atoms with van der Waals surface area (Å²) in [5.41, 5.74) is 7.54. The average Bonchev–Trinajstić information content (AvgIpc) is 2.99. The van der Waals surface area contributed by atoms with Crippen LogP contribution in [0.4, 0.5) is 34.9 Å². The number of hydrazine groups is 1. The molecule has 0 aliphatic heterocycles. The fourth-order valence-corrected chi connectivity index (χ4v) is 3.89. The molecule has 0 atom stereocenters. The lowest BCUT2D eigenvalue weighted by molar-refractivity contribution is -0.418. The number of nitro groups is 1. The highest BCUT2D eigenvalue weighted by Gasteiger charge is 2.26. The molecule has 5 rings (SSSR count). The molecule has 0 amide bonds. The molecule has 1 aliphatic rings. The van der Waals surface area contributed by atoms with Gasteiger partial charge in [0.15, 0.2) is 0 Å². The number of para-hydroxylation sites is 2. The minimum Gasteiger partial charge on any atom is -0.497 e. The van der Waals surface area contributed by atoms with Gasteiger partial charge < -0.3 is 15.5 Å². The molecule has 0 spiro atoms. The smallest absolute Gasteiger partial charge is 0.316 e. The van der Waals surface area contributed by atoms with E-state index in [-0.39, 0.29) is 17.5 Å². The molecule has 1 aliphatic carbocycles. The standard InChI is InChI=1S/C29H24N8O4/c1-41-24-17-15-21(16-18-24)31-27-32-28(35-30-19-20-9-8-14-25(26(20)38)37(39)40)34-29(33-27)36(22-10-4-2-5-11-22)23-12-6-3-7-13-23/h2-19,30H,1H3,(H2,31,32,33,34,35). The molecule has 204 valence electrons. The Morgan fingerprint density at radius 1 is 0.878 bits per heavy atom. The fourth-order valence-electron chi connectivity index (χ4n) is 3.89. The maximum Gasteiger partial charge on any atom is 0.316 e. The summed E-state index contributed by atoms with van der Waals surface area (Å²) in [6.45, 7) is 0. The summed E-state index contributed by atoms with van der Waals surface area (Å²) in [7, 11) is 1.59. The number of aromatic nitrogens is 3. The predicted molar refractivity (Wildman–Crippen MR) is 155 cm³/mol. The van der Waals surface area contributed by atoms with Crippen LogP contribution in [0.15, 0.2) is 121 Å². The quantitative estimate of drug-likeness (QED) is 0.137. The summed E-state index contributed by atoms with van der Waals surface area (Å²) in [6, 6.07) is 26.5. The minimum absolute atomic E-state index is 0.0905. The highest BCUT2D eigenvalue weighted by Crippen LogP contribution is 2.33. The van der Waals surface area contributed by atoms with E-state index in [0.29, 0.717) is 17.4 Å². The number of allylic oxidation sites excluding steroid dienone is 4. The number of ketones is 1. The molecule has 3 aromatic carbocycles. The third-order valence-corrected chi connectivity index (χ3v) is 5.83. The molecular weight excluding hydrogens is 524 g/mol. The van der Waals surface area contributed by atoms with Gasteiger partial charge in [-0.05, 0) is 54.6 Å². The molecule has 1 aromatic heterocycles. The Kier molecular flexibility index (Phi) is 7.91. The molecule has 0 unspecified atom stereocenters. The van der Waals surface area contributed by atoms with Crippen molar-refractivity contribution in [2.45, 2.75) is 0 Å². The van der Waals surface area contributed by atoms with Crippen molar-refractivity contribution in [1.29, 1.82) is 0 Å². The number of benzene rings is 3. The molecule has 0 bridgehead atoms. The fraction of sp³-hybridized carbons (Fsp3) is 0.0345. The summed E-state index contributed by atoms with van der Waals surface area (Å²) in [5, 5.41) is 14.3. The third-order valence-electron chi connectivity index (χ3n) is 5.83. The number of carbonyl (C=O) groups excluding carboxylic acids is 1. The van der Waals surface area contributed by atoms with Crippen LogP contribution in [0.1, 0.15) is 0 Å². The van der Waals surface area contributed by atoms with E-state index in [0.717, 1.165) is 17.5 Å². The number of anilines is 6. The van der Waals surface area contributed by atoms with Gasteiger partial charge in [0.2, 0.25) is 17.8 Å². The zero-order chi connectivity index (χ0) is 28.6. The lowest BCUT2D eigenvalue weighted by Gasteiger charge is -2.23. The van der Waals surface area contributed by atoms with Crippen molar-refractivity contribution < 1.29 is 14.5 Å². The van der Waals surface area contributed by atoms with Crippen molar-refractivity contribution in [3.63, 3.8) is 0 Å². The molecule has 0 saturated carbocycles. The maximum absolute atomic E-state index is 12.4. The zero-order valence-corrected chi connectivity index (χ0v) is 21.8. The molecular formula is C29H24N8O4. The minimum atomic E-state index is -0.718. The van der Waals surface area contributed by atoms with Gasteiger partial charge in [-0.15, -0.1) is 0 Å². The second kappa shape index (κ2) is 12.2. The molecule has 4 aromatic rings. The van der Waals surface area contributed by atoms with Crippen molar-refractivity contribution >= 4 is 40.7 Å². The Balaban J connectivity index is 1.50. The first-order valence-electron chi connectivity index (χ1n) is 12.4. The third kappa shape index (κ3) is 6.34. The molecule has 0 saturated heterocycles. The lowest BCUT2D eigenvalue weighted by Crippen LogP contribution is -2.23. The largest absolute Gasteiger partial charge is 0.497 e. The maximum atomic E-state index is 12.4. The summed E-state index contributed by atoms with van der Waals surface area (Å²) in [6.07, 6.45) is 5.36. The van der Waals surface area contributed by atoms with E-state index in [2.05, 4.69) is 26.1 Å². The molecule has 41 heavy (non-hydrogen) atoms. The summed E-state index contributed by atoms with van der Waals surface area (Å²) in [4.78, 5) is 38.5. The van der Waals surface area contributed by atoms with Gasteiger partial charge in [-0.3, -0.25) is 25.2 Å². The SMILES string of the molecule is COc1ccc(Nc2nc(NNC=C3C=CC=C([N+](=O)[O-])C3=O)nc(N(c3ccccc3)c3ccccc3)n2)cc1. The van der Waals surface area contributed by atoms with Gasteiger partial charge in [0, 0.05) is 34.9 Å². The van der Waals surface area contributed by atoms with Gasteiger partial charge in [0.1, 0.15) is 5.75 Å². The number of ether oxygens (including phenoxy) is 1. The summed E-state index contributed by atoms with van der Waals surface area (Å²) in [5.74, 6) is 0.646. The number of hydrogen-bond donors (Lipinski definition) is 3. The van der Waals surface area contributed by atoms with Gasteiger partial charge >= 0.3 is 5.70 Å². The Hall–Kier alpha value is -6.04. The van der Waals surface area contributed by atoms with Gasteiger partial charge in [0.05, 0.1) is 12.0 Å². The average molecular weight is 549 g/mol. The van der Waals surface area contributed by atoms with Crippen LogP contribution >= 0.6 is 0 Å². The first kappa shape index (κ1) is 26.6. The number of nitrogens with zero attached hydrogens (tertiary/aromatic N) is 5. The number of hydrogen-bond acceptors (Lipinski definition) is 11. The van der Waals surface area contributed by atoms with Crippen LogP contribution in [-0.2, 0) is 4.79 Å². The highest BCUT2D eigenvalue weighted by molar-refractivity contribution is 6.09. The Morgan fingerprint density at radius 2 is 1.51 bits per heavy atom. The van der Waals surface area contributed by atoms with Gasteiger partial charge in [0.25, 0.3) is 5.78 Å². The van der Waals surface area contributed by atoms with Gasteiger partial charge in [-0.1, -0.05) is 42.5 Å². The van der Waals surface area contributed by atoms with E-state index in [1.807, 2.05) is 77.7 Å². The molecule has 3 N–H and O–H groups in total. The molecule has 1 heterocycles. The number of carbonyl (C=O) groups is 1. The zero-order valence-electron chi connectivity index (χ0n) is 21.8. The van der Waals surface area contributed by atoms with E-state index in [1.54, 1.807) is 19.2 Å². The van der Waals surface area contributed by atoms with Crippen molar-refractivity contribution in [3.05, 3.63) is 131 Å². The van der Waals surface area contributed by atoms with E-state index in [9.17, 15) is 14.9 Å². The van der Waals surface area contributed by atoms with Gasteiger partial charge in [-0.2, -0.15) is 15.0 Å². The Labute approximate surface area is 234 Å². The summed E-state index contributed by atoms with van der Waals surface area (Å²) < 4.78 is 5.24. The van der Waals surface area contributed by atoms with Crippen LogP contribution in [0.2, 0.25) is 0 Å². The predicted octanol–water partition coefficient (Wildman–Crippen LogP) is 5.19. The van der Waals surface area contributed by atoms with Crippen molar-refractivity contribution in [1.82, 2.24) is 20.4 Å². The van der Waals surface area contributed by atoms with E-state index < -0.39 is 16.4 Å². The molecule has 0 fully saturated rings. The van der Waals surface area contributed by atoms with Gasteiger partial charge in [-0.25, -0.2) is 0 Å². The topological polar surface area (TPSA) is 147 Å². The van der Waals surface area contributed by atoms with Crippen molar-refractivity contribution in [2.24, 2.45) is 0 Å². The lowest BCUT2D eigenvalue weighted by atomic mass is 10.1. The normalized spacial score (nSPS) is 13.3. The highest BCUT2D eigenvalue weighted by atomic mass is 16.6. The van der Waals surface area contributed by atoms with Crippen LogP contribution in [0, 0.1) is 10.1 Å². The molecule has 12 nitrogen and oxygen atoms in total. The second-order valence-corrected chi connectivity index (χ2v) is 8.51. The van der Waals surface area contributed by atoms with Crippen molar-refractivity contribution in [2.75, 3.05) is 22.8 Å². The van der Waals surface area contributed by atoms with Crippen LogP contribution in [0.5, 0.6) is 5.75 Å².